The Hall–Kier alpha value is -2.68. The normalized spacial score (nSPS) is 25.8. The van der Waals surface area contributed by atoms with Crippen molar-refractivity contribution in [3.8, 4) is 11.9 Å². The Balaban J connectivity index is 1.65. The van der Waals surface area contributed by atoms with Crippen molar-refractivity contribution in [1.82, 2.24) is 24.6 Å². The number of hydrogen-bond acceptors (Lipinski definition) is 7. The van der Waals surface area contributed by atoms with E-state index in [-0.39, 0.29) is 23.8 Å². The highest BCUT2D eigenvalue weighted by atomic mass is 16.5. The Morgan fingerprint density at radius 1 is 1.23 bits per heavy atom. The second-order valence-electron chi connectivity index (χ2n) is 7.97. The van der Waals surface area contributed by atoms with Gasteiger partial charge in [-0.15, -0.1) is 0 Å². The third-order valence-corrected chi connectivity index (χ3v) is 6.17. The molecule has 2 fully saturated rings. The Bertz CT molecular complexity index is 901. The lowest BCUT2D eigenvalue weighted by Crippen LogP contribution is -2.59. The van der Waals surface area contributed by atoms with Crippen molar-refractivity contribution in [1.29, 1.82) is 0 Å². The van der Waals surface area contributed by atoms with Gasteiger partial charge >= 0.3 is 6.01 Å². The second-order valence-corrected chi connectivity index (χ2v) is 7.97. The van der Waals surface area contributed by atoms with Crippen LogP contribution in [0, 0.1) is 11.8 Å². The summed E-state index contributed by atoms with van der Waals surface area (Å²) in [4.78, 5) is 23.5. The van der Waals surface area contributed by atoms with Crippen molar-refractivity contribution in [2.75, 3.05) is 26.3 Å². The Kier molecular flexibility index (Phi) is 5.64. The number of nitrogens with zero attached hydrogens (tertiary/aromatic N) is 5. The Morgan fingerprint density at radius 3 is 2.53 bits per heavy atom. The highest BCUT2D eigenvalue weighted by Gasteiger charge is 2.54. The molecular weight excluding hydrogens is 386 g/mol. The minimum Gasteiger partial charge on any atom is -0.478 e. The summed E-state index contributed by atoms with van der Waals surface area (Å²) in [7, 11) is 1.79. The number of aliphatic hydroxyl groups is 1. The van der Waals surface area contributed by atoms with Crippen molar-refractivity contribution >= 4 is 5.91 Å². The smallest absolute Gasteiger partial charge is 0.319 e. The third kappa shape index (κ3) is 3.51. The summed E-state index contributed by atoms with van der Waals surface area (Å²) in [6.07, 6.45) is 6.05. The standard InChI is InChI=1S/C21H29N5O4/c1-4-29-18-16(11-22-20(23-18)30-5-2)21(28)14-7-6-8-15(21)13-26(12-14)19(27)17-9-10-25(3)24-17/h9-11,14-15,28H,4-8,12-13H2,1-3H3/t14-,15-/m1/s1. The number of fused-ring (bicyclic) bond motifs is 2. The van der Waals surface area contributed by atoms with Crippen LogP contribution in [0.15, 0.2) is 18.5 Å². The summed E-state index contributed by atoms with van der Waals surface area (Å²) in [5.41, 5.74) is -0.123. The molecular formula is C21H29N5O4. The Labute approximate surface area is 176 Å². The average Bonchev–Trinajstić information content (AvgIpc) is 3.14. The van der Waals surface area contributed by atoms with Gasteiger partial charge < -0.3 is 19.5 Å². The number of piperidine rings is 1. The summed E-state index contributed by atoms with van der Waals surface area (Å²) in [6, 6.07) is 1.97. The van der Waals surface area contributed by atoms with Crippen molar-refractivity contribution in [2.24, 2.45) is 18.9 Å². The van der Waals surface area contributed by atoms with Crippen molar-refractivity contribution in [3.05, 3.63) is 29.7 Å². The zero-order chi connectivity index (χ0) is 21.3. The van der Waals surface area contributed by atoms with Gasteiger partial charge in [0.15, 0.2) is 0 Å². The molecule has 0 unspecified atom stereocenters. The van der Waals surface area contributed by atoms with Crippen molar-refractivity contribution in [2.45, 2.75) is 38.7 Å². The molecule has 1 saturated heterocycles. The van der Waals surface area contributed by atoms with Crippen LogP contribution in [0.1, 0.15) is 49.2 Å². The molecule has 2 atom stereocenters. The van der Waals surface area contributed by atoms with E-state index < -0.39 is 5.60 Å². The second kappa shape index (κ2) is 8.22. The summed E-state index contributed by atoms with van der Waals surface area (Å²) < 4.78 is 12.8. The van der Waals surface area contributed by atoms with Crippen LogP contribution in [0.4, 0.5) is 0 Å². The van der Waals surface area contributed by atoms with E-state index in [0.29, 0.717) is 43.4 Å². The molecule has 3 heterocycles. The molecule has 30 heavy (non-hydrogen) atoms. The molecule has 2 aliphatic rings. The lowest BCUT2D eigenvalue weighted by Gasteiger charge is -2.53. The number of carbonyl (C=O) groups is 1. The summed E-state index contributed by atoms with van der Waals surface area (Å²) in [5.74, 6) is 0.0131. The van der Waals surface area contributed by atoms with Crippen molar-refractivity contribution < 1.29 is 19.4 Å². The van der Waals surface area contributed by atoms with Crippen LogP contribution in [-0.4, -0.2) is 62.0 Å². The van der Waals surface area contributed by atoms with Gasteiger partial charge in [-0.05, 0) is 32.8 Å². The molecule has 1 aliphatic carbocycles. The van der Waals surface area contributed by atoms with Crippen LogP contribution in [0.2, 0.25) is 0 Å². The maximum Gasteiger partial charge on any atom is 0.319 e. The van der Waals surface area contributed by atoms with E-state index in [9.17, 15) is 9.90 Å². The zero-order valence-electron chi connectivity index (χ0n) is 17.7. The van der Waals surface area contributed by atoms with Crippen LogP contribution < -0.4 is 9.47 Å². The van der Waals surface area contributed by atoms with Gasteiger partial charge in [-0.3, -0.25) is 9.48 Å². The molecule has 162 valence electrons. The number of likely N-dealkylation sites (tertiary alicyclic amines) is 1. The number of aromatic nitrogens is 4. The molecule has 0 radical (unpaired) electrons. The number of aryl methyl sites for hydroxylation is 1. The van der Waals surface area contributed by atoms with E-state index in [1.54, 1.807) is 30.2 Å². The predicted molar refractivity (Wildman–Crippen MR) is 108 cm³/mol. The molecule has 1 amide bonds. The lowest BCUT2D eigenvalue weighted by molar-refractivity contribution is -0.141. The summed E-state index contributed by atoms with van der Waals surface area (Å²) in [5, 5.41) is 16.2. The molecule has 4 rings (SSSR count). The molecule has 1 aliphatic heterocycles. The highest BCUT2D eigenvalue weighted by Crippen LogP contribution is 2.51. The van der Waals surface area contributed by atoms with Crippen molar-refractivity contribution in [3.63, 3.8) is 0 Å². The van der Waals surface area contributed by atoms with Crippen LogP contribution in [-0.2, 0) is 12.6 Å². The zero-order valence-corrected chi connectivity index (χ0v) is 17.7. The maximum absolute atomic E-state index is 13.0. The van der Waals surface area contributed by atoms with E-state index in [4.69, 9.17) is 9.47 Å². The summed E-state index contributed by atoms with van der Waals surface area (Å²) >= 11 is 0. The van der Waals surface area contributed by atoms with E-state index in [1.165, 1.54) is 0 Å². The topological polar surface area (TPSA) is 103 Å². The first-order valence-corrected chi connectivity index (χ1v) is 10.6. The lowest BCUT2D eigenvalue weighted by atomic mass is 9.63. The molecule has 0 spiro atoms. The monoisotopic (exact) mass is 415 g/mol. The van der Waals surface area contributed by atoms with Gasteiger partial charge in [0.05, 0.1) is 18.8 Å². The van der Waals surface area contributed by atoms with E-state index in [0.717, 1.165) is 19.3 Å². The fraction of sp³-hybridized carbons (Fsp3) is 0.619. The third-order valence-electron chi connectivity index (χ3n) is 6.17. The highest BCUT2D eigenvalue weighted by molar-refractivity contribution is 5.92. The number of amides is 1. The van der Waals surface area contributed by atoms with E-state index in [1.807, 2.05) is 18.7 Å². The fourth-order valence-electron chi connectivity index (χ4n) is 4.82. The molecule has 9 heteroatoms. The summed E-state index contributed by atoms with van der Waals surface area (Å²) in [6.45, 7) is 5.54. The van der Waals surface area contributed by atoms with Gasteiger partial charge in [0, 0.05) is 44.4 Å². The molecule has 1 N–H and O–H groups in total. The largest absolute Gasteiger partial charge is 0.478 e. The predicted octanol–water partition coefficient (Wildman–Crippen LogP) is 1.77. The number of hydrogen-bond donors (Lipinski definition) is 1. The van der Waals surface area contributed by atoms with Gasteiger partial charge in [0.1, 0.15) is 11.3 Å². The number of carbonyl (C=O) groups excluding carboxylic acids is 1. The molecule has 2 bridgehead atoms. The van der Waals surface area contributed by atoms with E-state index in [2.05, 4.69) is 15.1 Å². The minimum absolute atomic E-state index is 0.0949. The van der Waals surface area contributed by atoms with Crippen LogP contribution in [0.5, 0.6) is 11.9 Å². The molecule has 2 aromatic rings. The van der Waals surface area contributed by atoms with Gasteiger partial charge in [-0.25, -0.2) is 4.98 Å². The SMILES string of the molecule is CCOc1ncc(C2(O)[C@@H]3CCC[C@@H]2CN(C(=O)c2ccn(C)n2)C3)c(OCC)n1. The Morgan fingerprint density at radius 2 is 1.93 bits per heavy atom. The number of rotatable bonds is 6. The fourth-order valence-corrected chi connectivity index (χ4v) is 4.82. The van der Waals surface area contributed by atoms with Gasteiger partial charge in [-0.1, -0.05) is 6.42 Å². The quantitative estimate of drug-likeness (QED) is 0.767. The molecule has 2 aromatic heterocycles. The first kappa shape index (κ1) is 20.6. The van der Waals surface area contributed by atoms with Gasteiger partial charge in [0.25, 0.3) is 5.91 Å². The first-order valence-electron chi connectivity index (χ1n) is 10.6. The molecule has 1 saturated carbocycles. The number of ether oxygens (including phenoxy) is 2. The van der Waals surface area contributed by atoms with Crippen LogP contribution in [0.25, 0.3) is 0 Å². The van der Waals surface area contributed by atoms with E-state index >= 15 is 0 Å². The van der Waals surface area contributed by atoms with Gasteiger partial charge in [-0.2, -0.15) is 10.1 Å². The average molecular weight is 415 g/mol. The molecule has 0 aromatic carbocycles. The van der Waals surface area contributed by atoms with Crippen LogP contribution >= 0.6 is 0 Å². The van der Waals surface area contributed by atoms with Crippen LogP contribution in [0.3, 0.4) is 0 Å². The maximum atomic E-state index is 13.0. The van der Waals surface area contributed by atoms with Gasteiger partial charge in [0.2, 0.25) is 5.88 Å². The minimum atomic E-state index is -1.14. The first-order chi connectivity index (χ1) is 14.5. The molecule has 9 nitrogen and oxygen atoms in total.